The van der Waals surface area contributed by atoms with Gasteiger partial charge in [-0.2, -0.15) is 0 Å². The Kier molecular flexibility index (Phi) is 5.03. The Morgan fingerprint density at radius 2 is 2.21 bits per heavy atom. The lowest BCUT2D eigenvalue weighted by molar-refractivity contribution is -0.128. The third kappa shape index (κ3) is 3.69. The van der Waals surface area contributed by atoms with Crippen LogP contribution >= 0.6 is 0 Å². The summed E-state index contributed by atoms with van der Waals surface area (Å²) in [5, 5.41) is 2.82. The van der Waals surface area contributed by atoms with Gasteiger partial charge in [-0.3, -0.25) is 4.79 Å². The van der Waals surface area contributed by atoms with E-state index in [1.54, 1.807) is 11.8 Å². The van der Waals surface area contributed by atoms with Crippen molar-refractivity contribution in [2.24, 2.45) is 0 Å². The van der Waals surface area contributed by atoms with E-state index in [9.17, 15) is 9.59 Å². The summed E-state index contributed by atoms with van der Waals surface area (Å²) in [5.74, 6) is 0.773. The number of nitrogens with zero attached hydrogens (tertiary/aromatic N) is 1. The van der Waals surface area contributed by atoms with Crippen molar-refractivity contribution in [1.29, 1.82) is 0 Å². The first-order valence-electron chi connectivity index (χ1n) is 8.32. The summed E-state index contributed by atoms with van der Waals surface area (Å²) in [6.07, 6.45) is 3.17. The van der Waals surface area contributed by atoms with E-state index in [1.807, 2.05) is 30.3 Å². The van der Waals surface area contributed by atoms with E-state index >= 15 is 0 Å². The standard InChI is InChI=1S/C18H22N2O4/c1-2-23-18(22)19-15-7-5-9-20(11-15)17(21)14-10-13-6-3-4-8-16(13)24-12-14/h3-4,6,8,10,15H,2,5,7,9,11-12H2,1H3,(H,19,22)/t15-/m0/s1. The molecule has 1 fully saturated rings. The summed E-state index contributed by atoms with van der Waals surface area (Å²) in [5.41, 5.74) is 1.57. The second-order valence-electron chi connectivity index (χ2n) is 5.95. The predicted molar refractivity (Wildman–Crippen MR) is 89.7 cm³/mol. The molecule has 128 valence electrons. The van der Waals surface area contributed by atoms with E-state index in [4.69, 9.17) is 9.47 Å². The van der Waals surface area contributed by atoms with Crippen molar-refractivity contribution in [2.45, 2.75) is 25.8 Å². The topological polar surface area (TPSA) is 67.9 Å². The van der Waals surface area contributed by atoms with Gasteiger partial charge in [0.2, 0.25) is 0 Å². The number of para-hydroxylation sites is 1. The highest BCUT2D eigenvalue weighted by Gasteiger charge is 2.28. The van der Waals surface area contributed by atoms with Gasteiger partial charge in [0.1, 0.15) is 12.4 Å². The van der Waals surface area contributed by atoms with E-state index in [2.05, 4.69) is 5.32 Å². The molecular weight excluding hydrogens is 308 g/mol. The Hall–Kier alpha value is -2.50. The molecule has 6 heteroatoms. The fourth-order valence-corrected chi connectivity index (χ4v) is 3.06. The molecule has 1 atom stereocenters. The number of nitrogens with one attached hydrogen (secondary N) is 1. The average molecular weight is 330 g/mol. The molecule has 2 aliphatic rings. The maximum Gasteiger partial charge on any atom is 0.407 e. The molecule has 2 amide bonds. The molecule has 0 unspecified atom stereocenters. The van der Waals surface area contributed by atoms with Crippen LogP contribution in [0.4, 0.5) is 4.79 Å². The molecule has 1 aromatic carbocycles. The molecule has 1 saturated heterocycles. The molecule has 0 bridgehead atoms. The van der Waals surface area contributed by atoms with E-state index < -0.39 is 6.09 Å². The molecule has 0 saturated carbocycles. The van der Waals surface area contributed by atoms with E-state index in [0.717, 1.165) is 24.2 Å². The lowest BCUT2D eigenvalue weighted by Gasteiger charge is -2.34. The second-order valence-corrected chi connectivity index (χ2v) is 5.95. The van der Waals surface area contributed by atoms with Gasteiger partial charge in [0.15, 0.2) is 0 Å². The number of hydrogen-bond acceptors (Lipinski definition) is 4. The van der Waals surface area contributed by atoms with Crippen LogP contribution in [0, 0.1) is 0 Å². The smallest absolute Gasteiger partial charge is 0.407 e. The van der Waals surface area contributed by atoms with Crippen LogP contribution in [0.1, 0.15) is 25.3 Å². The first-order valence-corrected chi connectivity index (χ1v) is 8.32. The molecule has 0 aromatic heterocycles. The molecule has 24 heavy (non-hydrogen) atoms. The van der Waals surface area contributed by atoms with Gasteiger partial charge in [0.05, 0.1) is 12.2 Å². The molecule has 1 N–H and O–H groups in total. The maximum atomic E-state index is 12.8. The SMILES string of the molecule is CCOC(=O)N[C@H]1CCCN(C(=O)C2=Cc3ccccc3OC2)C1. The minimum Gasteiger partial charge on any atom is -0.488 e. The van der Waals surface area contributed by atoms with Crippen LogP contribution < -0.4 is 10.1 Å². The number of carbonyl (C=O) groups excluding carboxylic acids is 2. The van der Waals surface area contributed by atoms with Crippen molar-refractivity contribution in [3.63, 3.8) is 0 Å². The molecule has 0 aliphatic carbocycles. The van der Waals surface area contributed by atoms with Crippen molar-refractivity contribution >= 4 is 18.1 Å². The molecule has 3 rings (SSSR count). The van der Waals surface area contributed by atoms with Crippen molar-refractivity contribution in [2.75, 3.05) is 26.3 Å². The fraction of sp³-hybridized carbons (Fsp3) is 0.444. The van der Waals surface area contributed by atoms with Crippen molar-refractivity contribution in [3.8, 4) is 5.75 Å². The highest BCUT2D eigenvalue weighted by atomic mass is 16.5. The summed E-state index contributed by atoms with van der Waals surface area (Å²) in [7, 11) is 0. The molecular formula is C18H22N2O4. The zero-order valence-electron chi connectivity index (χ0n) is 13.8. The van der Waals surface area contributed by atoms with Gasteiger partial charge in [0, 0.05) is 24.7 Å². The minimum absolute atomic E-state index is 0.0279. The van der Waals surface area contributed by atoms with Gasteiger partial charge < -0.3 is 19.7 Å². The van der Waals surface area contributed by atoms with Crippen molar-refractivity contribution in [1.82, 2.24) is 10.2 Å². The molecule has 2 aliphatic heterocycles. The van der Waals surface area contributed by atoms with Gasteiger partial charge >= 0.3 is 6.09 Å². The average Bonchev–Trinajstić information content (AvgIpc) is 2.61. The predicted octanol–water partition coefficient (Wildman–Crippen LogP) is 2.20. The largest absolute Gasteiger partial charge is 0.488 e. The number of piperidine rings is 1. The highest BCUT2D eigenvalue weighted by molar-refractivity contribution is 5.99. The third-order valence-corrected chi connectivity index (χ3v) is 4.21. The number of carbonyl (C=O) groups is 2. The minimum atomic E-state index is -0.425. The second kappa shape index (κ2) is 7.38. The Labute approximate surface area is 141 Å². The maximum absolute atomic E-state index is 12.8. The number of hydrogen-bond donors (Lipinski definition) is 1. The van der Waals surface area contributed by atoms with Crippen LogP contribution in [0.25, 0.3) is 6.08 Å². The van der Waals surface area contributed by atoms with Gasteiger partial charge in [0.25, 0.3) is 5.91 Å². The van der Waals surface area contributed by atoms with Crippen LogP contribution in [-0.4, -0.2) is 49.2 Å². The molecule has 6 nitrogen and oxygen atoms in total. The summed E-state index contributed by atoms with van der Waals surface area (Å²) in [6.45, 7) is 3.58. The van der Waals surface area contributed by atoms with Gasteiger partial charge in [-0.05, 0) is 31.9 Å². The first kappa shape index (κ1) is 16.4. The molecule has 1 aromatic rings. The van der Waals surface area contributed by atoms with E-state index in [1.165, 1.54) is 0 Å². The zero-order valence-corrected chi connectivity index (χ0v) is 13.8. The summed E-state index contributed by atoms with van der Waals surface area (Å²) < 4.78 is 10.6. The number of alkyl carbamates (subject to hydrolysis) is 1. The van der Waals surface area contributed by atoms with Crippen LogP contribution in [0.3, 0.4) is 0 Å². The van der Waals surface area contributed by atoms with Crippen LogP contribution in [-0.2, 0) is 9.53 Å². The quantitative estimate of drug-likeness (QED) is 0.922. The number of fused-ring (bicyclic) bond motifs is 1. The van der Waals surface area contributed by atoms with Crippen LogP contribution in [0.2, 0.25) is 0 Å². The Morgan fingerprint density at radius 3 is 3.04 bits per heavy atom. The first-order chi connectivity index (χ1) is 11.7. The number of ether oxygens (including phenoxy) is 2. The van der Waals surface area contributed by atoms with Crippen molar-refractivity contribution < 1.29 is 19.1 Å². The molecule has 2 heterocycles. The lowest BCUT2D eigenvalue weighted by Crippen LogP contribution is -2.50. The zero-order chi connectivity index (χ0) is 16.9. The Bertz CT molecular complexity index is 656. The monoisotopic (exact) mass is 330 g/mol. The number of amides is 2. The Morgan fingerprint density at radius 1 is 1.38 bits per heavy atom. The Balaban J connectivity index is 1.65. The van der Waals surface area contributed by atoms with Gasteiger partial charge in [-0.25, -0.2) is 4.79 Å². The highest BCUT2D eigenvalue weighted by Crippen LogP contribution is 2.27. The number of likely N-dealkylation sites (tertiary alicyclic amines) is 1. The van der Waals surface area contributed by atoms with Gasteiger partial charge in [-0.15, -0.1) is 0 Å². The number of benzene rings is 1. The van der Waals surface area contributed by atoms with Crippen LogP contribution in [0.5, 0.6) is 5.75 Å². The summed E-state index contributed by atoms with van der Waals surface area (Å²) in [6, 6.07) is 7.59. The van der Waals surface area contributed by atoms with Crippen molar-refractivity contribution in [3.05, 3.63) is 35.4 Å². The van der Waals surface area contributed by atoms with Gasteiger partial charge in [-0.1, -0.05) is 18.2 Å². The van der Waals surface area contributed by atoms with Crippen LogP contribution in [0.15, 0.2) is 29.8 Å². The summed E-state index contributed by atoms with van der Waals surface area (Å²) >= 11 is 0. The molecule has 0 spiro atoms. The third-order valence-electron chi connectivity index (χ3n) is 4.21. The molecule has 0 radical (unpaired) electrons. The normalized spacial score (nSPS) is 19.6. The summed E-state index contributed by atoms with van der Waals surface area (Å²) in [4.78, 5) is 26.1. The fourth-order valence-electron chi connectivity index (χ4n) is 3.06. The lowest BCUT2D eigenvalue weighted by atomic mass is 10.0. The number of rotatable bonds is 3. The van der Waals surface area contributed by atoms with E-state index in [0.29, 0.717) is 25.3 Å². The van der Waals surface area contributed by atoms with E-state index in [-0.39, 0.29) is 18.6 Å².